The van der Waals surface area contributed by atoms with E-state index in [0.717, 1.165) is 64.6 Å². The molecule has 28 heavy (non-hydrogen) atoms. The molecule has 6 nitrogen and oxygen atoms in total. The Balaban J connectivity index is 1.36. The number of carbonyl (C=O) groups excluding carboxylic acids is 1. The van der Waals surface area contributed by atoms with Crippen LogP contribution in [0.25, 0.3) is 0 Å². The van der Waals surface area contributed by atoms with Crippen molar-refractivity contribution >= 4 is 11.9 Å². The van der Waals surface area contributed by atoms with E-state index in [9.17, 15) is 4.79 Å². The van der Waals surface area contributed by atoms with Gasteiger partial charge in [0.25, 0.3) is 0 Å². The predicted molar refractivity (Wildman–Crippen MR) is 114 cm³/mol. The van der Waals surface area contributed by atoms with Crippen molar-refractivity contribution in [2.75, 3.05) is 53.4 Å². The Morgan fingerprint density at radius 2 is 1.82 bits per heavy atom. The fraction of sp³-hybridized carbons (Fsp3) is 0.636. The second kappa shape index (κ2) is 10.5. The van der Waals surface area contributed by atoms with Crippen LogP contribution in [0.2, 0.25) is 0 Å². The number of nitrogens with one attached hydrogen (secondary N) is 1. The van der Waals surface area contributed by atoms with E-state index in [-0.39, 0.29) is 0 Å². The Kier molecular flexibility index (Phi) is 7.71. The summed E-state index contributed by atoms with van der Waals surface area (Å²) in [5, 5.41) is 3.47. The summed E-state index contributed by atoms with van der Waals surface area (Å²) in [5.41, 5.74) is 1.27. The van der Waals surface area contributed by atoms with Gasteiger partial charge in [-0.25, -0.2) is 0 Å². The van der Waals surface area contributed by atoms with Crippen molar-refractivity contribution in [3.05, 3.63) is 35.9 Å². The maximum absolute atomic E-state index is 12.5. The molecule has 0 aromatic heterocycles. The summed E-state index contributed by atoms with van der Waals surface area (Å²) in [5.74, 6) is 1.62. The highest BCUT2D eigenvalue weighted by Crippen LogP contribution is 2.26. The van der Waals surface area contributed by atoms with E-state index in [0.29, 0.717) is 11.8 Å². The van der Waals surface area contributed by atoms with E-state index in [1.165, 1.54) is 18.4 Å². The highest BCUT2D eigenvalue weighted by Gasteiger charge is 2.29. The van der Waals surface area contributed by atoms with E-state index in [4.69, 9.17) is 0 Å². The molecule has 1 aromatic carbocycles. The zero-order chi connectivity index (χ0) is 19.8. The number of guanidine groups is 1. The Hall–Kier alpha value is -2.08. The van der Waals surface area contributed by atoms with E-state index in [2.05, 4.69) is 56.3 Å². The van der Waals surface area contributed by atoms with Crippen LogP contribution in [0.15, 0.2) is 35.3 Å². The van der Waals surface area contributed by atoms with Crippen molar-refractivity contribution in [1.82, 2.24) is 20.0 Å². The lowest BCUT2D eigenvalue weighted by Crippen LogP contribution is -2.51. The monoisotopic (exact) mass is 385 g/mol. The Morgan fingerprint density at radius 1 is 1.14 bits per heavy atom. The van der Waals surface area contributed by atoms with Gasteiger partial charge >= 0.3 is 0 Å². The molecule has 1 aliphatic heterocycles. The molecule has 3 rings (SSSR count). The number of hydrogen-bond donors (Lipinski definition) is 1. The summed E-state index contributed by atoms with van der Waals surface area (Å²) in [4.78, 5) is 23.6. The van der Waals surface area contributed by atoms with Crippen LogP contribution < -0.4 is 5.32 Å². The van der Waals surface area contributed by atoms with Crippen LogP contribution >= 0.6 is 0 Å². The SMILES string of the molecule is CN=C(NCCN1CCN(C(=O)C2CCCC2)CC1)N(C)Cc1ccccc1. The van der Waals surface area contributed by atoms with E-state index in [1.54, 1.807) is 0 Å². The first-order valence-corrected chi connectivity index (χ1v) is 10.6. The molecular formula is C22H35N5O. The highest BCUT2D eigenvalue weighted by molar-refractivity contribution is 5.80. The van der Waals surface area contributed by atoms with Crippen LogP contribution in [0, 0.1) is 5.92 Å². The third-order valence-corrected chi connectivity index (χ3v) is 5.94. The molecule has 1 aromatic rings. The molecule has 1 amide bonds. The molecule has 1 N–H and O–H groups in total. The maximum atomic E-state index is 12.5. The second-order valence-electron chi connectivity index (χ2n) is 7.96. The lowest BCUT2D eigenvalue weighted by atomic mass is 10.1. The number of benzene rings is 1. The number of carbonyl (C=O) groups is 1. The predicted octanol–water partition coefficient (Wildman–Crippen LogP) is 2.03. The zero-order valence-corrected chi connectivity index (χ0v) is 17.4. The van der Waals surface area contributed by atoms with Gasteiger partial charge in [-0.15, -0.1) is 0 Å². The molecule has 1 saturated heterocycles. The van der Waals surface area contributed by atoms with Gasteiger partial charge in [0.1, 0.15) is 0 Å². The molecule has 1 saturated carbocycles. The van der Waals surface area contributed by atoms with Crippen molar-refractivity contribution in [3.8, 4) is 0 Å². The van der Waals surface area contributed by atoms with Gasteiger partial charge in [-0.05, 0) is 18.4 Å². The molecule has 154 valence electrons. The van der Waals surface area contributed by atoms with Crippen molar-refractivity contribution < 1.29 is 4.79 Å². The molecule has 2 aliphatic rings. The molecule has 0 bridgehead atoms. The van der Waals surface area contributed by atoms with E-state index >= 15 is 0 Å². The topological polar surface area (TPSA) is 51.2 Å². The van der Waals surface area contributed by atoms with Gasteiger partial charge in [-0.2, -0.15) is 0 Å². The number of hydrogen-bond acceptors (Lipinski definition) is 3. The average molecular weight is 386 g/mol. The average Bonchev–Trinajstić information content (AvgIpc) is 3.27. The quantitative estimate of drug-likeness (QED) is 0.601. The summed E-state index contributed by atoms with van der Waals surface area (Å²) in [6.45, 7) is 6.36. The first-order valence-electron chi connectivity index (χ1n) is 10.6. The van der Waals surface area contributed by atoms with Gasteiger partial charge in [0.15, 0.2) is 5.96 Å². The molecule has 1 aliphatic carbocycles. The number of piperazine rings is 1. The lowest BCUT2D eigenvalue weighted by molar-refractivity contribution is -0.137. The summed E-state index contributed by atoms with van der Waals surface area (Å²) in [7, 11) is 3.90. The van der Waals surface area contributed by atoms with Crippen molar-refractivity contribution in [1.29, 1.82) is 0 Å². The smallest absolute Gasteiger partial charge is 0.225 e. The van der Waals surface area contributed by atoms with Crippen LogP contribution in [0.4, 0.5) is 0 Å². The maximum Gasteiger partial charge on any atom is 0.225 e. The number of aliphatic imine (C=N–C) groups is 1. The first kappa shape index (κ1) is 20.6. The summed E-state index contributed by atoms with van der Waals surface area (Å²) >= 11 is 0. The standard InChI is InChI=1S/C22H35N5O/c1-23-22(25(2)18-19-8-4-3-5-9-19)24-12-13-26-14-16-27(17-15-26)21(28)20-10-6-7-11-20/h3-5,8-9,20H,6-7,10-18H2,1-2H3,(H,23,24). The molecule has 0 spiro atoms. The van der Waals surface area contributed by atoms with Crippen molar-refractivity contribution in [2.24, 2.45) is 10.9 Å². The lowest BCUT2D eigenvalue weighted by Gasteiger charge is -2.36. The summed E-state index contributed by atoms with van der Waals surface area (Å²) in [6, 6.07) is 10.4. The Labute approximate surface area is 169 Å². The molecule has 6 heteroatoms. The minimum Gasteiger partial charge on any atom is -0.355 e. The molecule has 1 heterocycles. The van der Waals surface area contributed by atoms with Crippen LogP contribution in [0.3, 0.4) is 0 Å². The largest absolute Gasteiger partial charge is 0.355 e. The first-order chi connectivity index (χ1) is 13.7. The third kappa shape index (κ3) is 5.71. The van der Waals surface area contributed by atoms with Gasteiger partial charge in [0, 0.05) is 65.8 Å². The number of rotatable bonds is 6. The van der Waals surface area contributed by atoms with Gasteiger partial charge in [0.05, 0.1) is 0 Å². The van der Waals surface area contributed by atoms with Gasteiger partial charge in [-0.3, -0.25) is 14.7 Å². The van der Waals surface area contributed by atoms with Gasteiger partial charge in [-0.1, -0.05) is 43.2 Å². The second-order valence-corrected chi connectivity index (χ2v) is 7.96. The van der Waals surface area contributed by atoms with Crippen LogP contribution in [0.1, 0.15) is 31.2 Å². The molecule has 0 radical (unpaired) electrons. The van der Waals surface area contributed by atoms with E-state index < -0.39 is 0 Å². The van der Waals surface area contributed by atoms with Crippen LogP contribution in [-0.2, 0) is 11.3 Å². The Bertz CT molecular complexity index is 634. The molecule has 0 atom stereocenters. The fourth-order valence-electron chi connectivity index (χ4n) is 4.27. The minimum absolute atomic E-state index is 0.302. The van der Waals surface area contributed by atoms with Crippen LogP contribution in [0.5, 0.6) is 0 Å². The third-order valence-electron chi connectivity index (χ3n) is 5.94. The van der Waals surface area contributed by atoms with Crippen molar-refractivity contribution in [3.63, 3.8) is 0 Å². The summed E-state index contributed by atoms with van der Waals surface area (Å²) in [6.07, 6.45) is 4.64. The molecule has 0 unspecified atom stereocenters. The van der Waals surface area contributed by atoms with Crippen LogP contribution in [-0.4, -0.2) is 79.9 Å². The van der Waals surface area contributed by atoms with Crippen molar-refractivity contribution in [2.45, 2.75) is 32.2 Å². The summed E-state index contributed by atoms with van der Waals surface area (Å²) < 4.78 is 0. The van der Waals surface area contributed by atoms with Gasteiger partial charge < -0.3 is 15.1 Å². The minimum atomic E-state index is 0.302. The molecule has 2 fully saturated rings. The van der Waals surface area contributed by atoms with Gasteiger partial charge in [0.2, 0.25) is 5.91 Å². The number of amides is 1. The Morgan fingerprint density at radius 3 is 2.46 bits per heavy atom. The van der Waals surface area contributed by atoms with E-state index in [1.807, 2.05) is 13.1 Å². The normalized spacial score (nSPS) is 19.1. The fourth-order valence-corrected chi connectivity index (χ4v) is 4.27. The molecular weight excluding hydrogens is 350 g/mol. The number of nitrogens with zero attached hydrogens (tertiary/aromatic N) is 4. The zero-order valence-electron chi connectivity index (χ0n) is 17.4. The highest BCUT2D eigenvalue weighted by atomic mass is 16.2.